The highest BCUT2D eigenvalue weighted by Crippen LogP contribution is 2.29. The molecule has 1 heterocycles. The molecule has 1 aromatic rings. The summed E-state index contributed by atoms with van der Waals surface area (Å²) >= 11 is 3.52. The van der Waals surface area contributed by atoms with Crippen molar-refractivity contribution in [2.45, 2.75) is 32.4 Å². The topological polar surface area (TPSA) is 30.5 Å². The molecule has 3 nitrogen and oxygen atoms in total. The van der Waals surface area contributed by atoms with Crippen molar-refractivity contribution in [2.24, 2.45) is 5.92 Å². The highest BCUT2D eigenvalue weighted by molar-refractivity contribution is 9.10. The summed E-state index contributed by atoms with van der Waals surface area (Å²) in [5.74, 6) is 1.64. The zero-order chi connectivity index (χ0) is 13.7. The minimum atomic E-state index is 0.507. The maximum absolute atomic E-state index is 5.45. The van der Waals surface area contributed by atoms with E-state index in [1.807, 2.05) is 12.1 Å². The number of hydrogen-bond acceptors (Lipinski definition) is 3. The molecule has 0 saturated carbocycles. The standard InChI is InChI=1S/C15H22BrNO2/c1-11(12-6-8-19-9-7-12)17-10-13-4-3-5-14(16)15(13)18-2/h3-5,11-12,17H,6-10H2,1-2H3. The van der Waals surface area contributed by atoms with Crippen LogP contribution in [0.25, 0.3) is 0 Å². The van der Waals surface area contributed by atoms with Crippen LogP contribution in [0.3, 0.4) is 0 Å². The normalized spacial score (nSPS) is 18.3. The van der Waals surface area contributed by atoms with Gasteiger partial charge < -0.3 is 14.8 Å². The lowest BCUT2D eigenvalue weighted by atomic mass is 9.93. The number of benzene rings is 1. The Morgan fingerprint density at radius 3 is 2.84 bits per heavy atom. The molecule has 0 amide bonds. The van der Waals surface area contributed by atoms with Crippen LogP contribution in [0.1, 0.15) is 25.3 Å². The number of para-hydroxylation sites is 1. The van der Waals surface area contributed by atoms with Crippen LogP contribution >= 0.6 is 15.9 Å². The van der Waals surface area contributed by atoms with E-state index in [4.69, 9.17) is 9.47 Å². The van der Waals surface area contributed by atoms with Gasteiger partial charge in [-0.3, -0.25) is 0 Å². The molecule has 1 fully saturated rings. The predicted octanol–water partition coefficient (Wildman–Crippen LogP) is 3.36. The van der Waals surface area contributed by atoms with E-state index in [-0.39, 0.29) is 0 Å². The van der Waals surface area contributed by atoms with Crippen molar-refractivity contribution in [2.75, 3.05) is 20.3 Å². The second-order valence-corrected chi connectivity index (χ2v) is 5.91. The van der Waals surface area contributed by atoms with Gasteiger partial charge in [-0.05, 0) is 47.7 Å². The molecule has 1 aliphatic rings. The number of halogens is 1. The van der Waals surface area contributed by atoms with Gasteiger partial charge in [-0.15, -0.1) is 0 Å². The Kier molecular flexibility index (Phi) is 5.67. The van der Waals surface area contributed by atoms with E-state index in [9.17, 15) is 0 Å². The van der Waals surface area contributed by atoms with Gasteiger partial charge in [0.25, 0.3) is 0 Å². The molecule has 106 valence electrons. The smallest absolute Gasteiger partial charge is 0.137 e. The van der Waals surface area contributed by atoms with Crippen LogP contribution in [0.2, 0.25) is 0 Å². The summed E-state index contributed by atoms with van der Waals surface area (Å²) < 4.78 is 11.9. The van der Waals surface area contributed by atoms with Crippen molar-refractivity contribution in [1.29, 1.82) is 0 Å². The molecule has 1 saturated heterocycles. The van der Waals surface area contributed by atoms with Gasteiger partial charge in [-0.1, -0.05) is 12.1 Å². The number of ether oxygens (including phenoxy) is 2. The molecule has 1 unspecified atom stereocenters. The molecule has 0 aliphatic carbocycles. The average molecular weight is 328 g/mol. The Morgan fingerprint density at radius 2 is 2.16 bits per heavy atom. The number of nitrogens with one attached hydrogen (secondary N) is 1. The third-order valence-corrected chi connectivity index (χ3v) is 4.46. The minimum Gasteiger partial charge on any atom is -0.495 e. The van der Waals surface area contributed by atoms with Gasteiger partial charge >= 0.3 is 0 Å². The lowest BCUT2D eigenvalue weighted by Gasteiger charge is -2.28. The zero-order valence-corrected chi connectivity index (χ0v) is 13.2. The lowest BCUT2D eigenvalue weighted by Crippen LogP contribution is -2.36. The van der Waals surface area contributed by atoms with Crippen LogP contribution in [0.15, 0.2) is 22.7 Å². The summed E-state index contributed by atoms with van der Waals surface area (Å²) in [5, 5.41) is 3.61. The van der Waals surface area contributed by atoms with Crippen molar-refractivity contribution < 1.29 is 9.47 Å². The molecule has 0 spiro atoms. The molecule has 4 heteroatoms. The van der Waals surface area contributed by atoms with E-state index in [0.29, 0.717) is 12.0 Å². The molecular formula is C15H22BrNO2. The first-order chi connectivity index (χ1) is 9.22. The SMILES string of the molecule is COc1c(Br)cccc1CNC(C)C1CCOCC1. The second-order valence-electron chi connectivity index (χ2n) is 5.05. The highest BCUT2D eigenvalue weighted by Gasteiger charge is 2.20. The van der Waals surface area contributed by atoms with E-state index in [1.54, 1.807) is 7.11 Å². The molecule has 1 aromatic carbocycles. The molecule has 2 rings (SSSR count). The van der Waals surface area contributed by atoms with Gasteiger partial charge in [0.15, 0.2) is 0 Å². The Balaban J connectivity index is 1.92. The van der Waals surface area contributed by atoms with Crippen molar-refractivity contribution >= 4 is 15.9 Å². The molecule has 0 bridgehead atoms. The zero-order valence-electron chi connectivity index (χ0n) is 11.6. The highest BCUT2D eigenvalue weighted by atomic mass is 79.9. The molecule has 1 aliphatic heterocycles. The average Bonchev–Trinajstić information content (AvgIpc) is 2.45. The van der Waals surface area contributed by atoms with Crippen LogP contribution in [0.4, 0.5) is 0 Å². The van der Waals surface area contributed by atoms with Gasteiger partial charge in [0.2, 0.25) is 0 Å². The van der Waals surface area contributed by atoms with E-state index < -0.39 is 0 Å². The van der Waals surface area contributed by atoms with E-state index in [1.165, 1.54) is 5.56 Å². The first kappa shape index (κ1) is 14.8. The monoisotopic (exact) mass is 327 g/mol. The van der Waals surface area contributed by atoms with Gasteiger partial charge in [0.05, 0.1) is 11.6 Å². The van der Waals surface area contributed by atoms with Crippen LogP contribution < -0.4 is 10.1 Å². The maximum atomic E-state index is 5.45. The fourth-order valence-electron chi connectivity index (χ4n) is 2.57. The van der Waals surface area contributed by atoms with Gasteiger partial charge in [0, 0.05) is 31.4 Å². The fourth-order valence-corrected chi connectivity index (χ4v) is 3.14. The second kappa shape index (κ2) is 7.27. The van der Waals surface area contributed by atoms with Crippen LogP contribution in [0, 0.1) is 5.92 Å². The van der Waals surface area contributed by atoms with Crippen molar-refractivity contribution in [3.63, 3.8) is 0 Å². The molecule has 0 aromatic heterocycles. The minimum absolute atomic E-state index is 0.507. The summed E-state index contributed by atoms with van der Waals surface area (Å²) in [5.41, 5.74) is 1.19. The Morgan fingerprint density at radius 1 is 1.42 bits per heavy atom. The lowest BCUT2D eigenvalue weighted by molar-refractivity contribution is 0.0557. The Labute approximate surface area is 123 Å². The van der Waals surface area contributed by atoms with Crippen LogP contribution in [0.5, 0.6) is 5.75 Å². The van der Waals surface area contributed by atoms with E-state index in [0.717, 1.165) is 42.8 Å². The molecular weight excluding hydrogens is 306 g/mol. The third-order valence-electron chi connectivity index (χ3n) is 3.84. The fraction of sp³-hybridized carbons (Fsp3) is 0.600. The Hall–Kier alpha value is -0.580. The predicted molar refractivity (Wildman–Crippen MR) is 80.5 cm³/mol. The third kappa shape index (κ3) is 3.94. The summed E-state index contributed by atoms with van der Waals surface area (Å²) in [6.45, 7) is 4.90. The van der Waals surface area contributed by atoms with E-state index in [2.05, 4.69) is 34.2 Å². The van der Waals surface area contributed by atoms with Gasteiger partial charge in [-0.2, -0.15) is 0 Å². The first-order valence-corrected chi connectivity index (χ1v) is 7.64. The Bertz CT molecular complexity index is 405. The summed E-state index contributed by atoms with van der Waals surface area (Å²) in [6.07, 6.45) is 2.31. The van der Waals surface area contributed by atoms with Crippen LogP contribution in [-0.2, 0) is 11.3 Å². The molecule has 0 radical (unpaired) electrons. The van der Waals surface area contributed by atoms with Gasteiger partial charge in [0.1, 0.15) is 5.75 Å². The number of hydrogen-bond donors (Lipinski definition) is 1. The summed E-state index contributed by atoms with van der Waals surface area (Å²) in [4.78, 5) is 0. The quantitative estimate of drug-likeness (QED) is 0.899. The van der Waals surface area contributed by atoms with Crippen molar-refractivity contribution in [1.82, 2.24) is 5.32 Å². The number of rotatable bonds is 5. The van der Waals surface area contributed by atoms with Gasteiger partial charge in [-0.25, -0.2) is 0 Å². The first-order valence-electron chi connectivity index (χ1n) is 6.85. The van der Waals surface area contributed by atoms with E-state index >= 15 is 0 Å². The molecule has 1 N–H and O–H groups in total. The summed E-state index contributed by atoms with van der Waals surface area (Å²) in [6, 6.07) is 6.66. The number of methoxy groups -OCH3 is 1. The largest absolute Gasteiger partial charge is 0.495 e. The summed E-state index contributed by atoms with van der Waals surface area (Å²) in [7, 11) is 1.71. The van der Waals surface area contributed by atoms with Crippen molar-refractivity contribution in [3.8, 4) is 5.75 Å². The molecule has 19 heavy (non-hydrogen) atoms. The van der Waals surface area contributed by atoms with Crippen molar-refractivity contribution in [3.05, 3.63) is 28.2 Å². The maximum Gasteiger partial charge on any atom is 0.137 e. The van der Waals surface area contributed by atoms with Crippen LogP contribution in [-0.4, -0.2) is 26.4 Å². The molecule has 1 atom stereocenters.